The van der Waals surface area contributed by atoms with Crippen LogP contribution in [0, 0.1) is 0 Å². The summed E-state index contributed by atoms with van der Waals surface area (Å²) in [6, 6.07) is 0. The molecule has 0 aliphatic rings. The maximum atomic E-state index is 12.6. The summed E-state index contributed by atoms with van der Waals surface area (Å²) in [6.07, 6.45) is 6.45. The SMILES string of the molecule is C=CC(=O)OP(=O)(CCCCCCC)OCC[N+](C)(C)C. The zero-order valence-electron chi connectivity index (χ0n) is 14.0. The van der Waals surface area contributed by atoms with Crippen molar-refractivity contribution in [3.8, 4) is 0 Å². The molecule has 0 rings (SSSR count). The van der Waals surface area contributed by atoms with Gasteiger partial charge in [-0.25, -0.2) is 9.36 Å². The minimum absolute atomic E-state index is 0.285. The number of nitrogens with zero attached hydrogens (tertiary/aromatic N) is 1. The lowest BCUT2D eigenvalue weighted by Crippen LogP contribution is -2.37. The van der Waals surface area contributed by atoms with Crippen LogP contribution in [0.25, 0.3) is 0 Å². The second-order valence-electron chi connectivity index (χ2n) is 6.21. The van der Waals surface area contributed by atoms with Gasteiger partial charge in [0.15, 0.2) is 0 Å². The van der Waals surface area contributed by atoms with Crippen LogP contribution in [0.2, 0.25) is 0 Å². The van der Waals surface area contributed by atoms with Gasteiger partial charge in [0.25, 0.3) is 0 Å². The zero-order chi connectivity index (χ0) is 16.4. The molecular formula is C15H31NO4P+. The Balaban J connectivity index is 4.37. The van der Waals surface area contributed by atoms with Gasteiger partial charge in [0.1, 0.15) is 13.2 Å². The molecule has 0 heterocycles. The van der Waals surface area contributed by atoms with E-state index in [0.29, 0.717) is 17.6 Å². The average Bonchev–Trinajstić information content (AvgIpc) is 2.36. The highest BCUT2D eigenvalue weighted by molar-refractivity contribution is 7.54. The molecule has 0 radical (unpaired) electrons. The summed E-state index contributed by atoms with van der Waals surface area (Å²) in [6.45, 7) is 6.48. The molecule has 0 spiro atoms. The average molecular weight is 320 g/mol. The van der Waals surface area contributed by atoms with E-state index in [-0.39, 0.29) is 6.16 Å². The quantitative estimate of drug-likeness (QED) is 0.239. The monoisotopic (exact) mass is 320 g/mol. The van der Waals surface area contributed by atoms with Gasteiger partial charge in [-0.3, -0.25) is 4.52 Å². The molecule has 0 aromatic heterocycles. The Labute approximate surface area is 129 Å². The molecule has 0 aliphatic heterocycles. The molecule has 6 heteroatoms. The van der Waals surface area contributed by atoms with E-state index in [9.17, 15) is 9.36 Å². The smallest absolute Gasteiger partial charge is 0.381 e. The first-order valence-electron chi connectivity index (χ1n) is 7.62. The van der Waals surface area contributed by atoms with Gasteiger partial charge in [0.05, 0.1) is 27.3 Å². The van der Waals surface area contributed by atoms with Crippen LogP contribution < -0.4 is 0 Å². The number of carbonyl (C=O) groups is 1. The summed E-state index contributed by atoms with van der Waals surface area (Å²) in [4.78, 5) is 11.3. The predicted octanol–water partition coefficient (Wildman–Crippen LogP) is 3.60. The van der Waals surface area contributed by atoms with E-state index in [2.05, 4.69) is 13.5 Å². The summed E-state index contributed by atoms with van der Waals surface area (Å²) in [7, 11) is 2.71. The van der Waals surface area contributed by atoms with Crippen LogP contribution in [0.15, 0.2) is 12.7 Å². The molecule has 0 aliphatic carbocycles. The Bertz CT molecular complexity index is 363. The van der Waals surface area contributed by atoms with Crippen molar-refractivity contribution in [3.05, 3.63) is 12.7 Å². The van der Waals surface area contributed by atoms with Crippen LogP contribution in [0.1, 0.15) is 39.0 Å². The molecule has 21 heavy (non-hydrogen) atoms. The van der Waals surface area contributed by atoms with Gasteiger partial charge < -0.3 is 9.01 Å². The number of carbonyl (C=O) groups excluding carboxylic acids is 1. The Kier molecular flexibility index (Phi) is 9.84. The van der Waals surface area contributed by atoms with Crippen LogP contribution in [0.3, 0.4) is 0 Å². The van der Waals surface area contributed by atoms with Crippen LogP contribution in [0.4, 0.5) is 0 Å². The Morgan fingerprint density at radius 1 is 1.19 bits per heavy atom. The van der Waals surface area contributed by atoms with Gasteiger partial charge in [0, 0.05) is 6.08 Å². The van der Waals surface area contributed by atoms with Gasteiger partial charge in [-0.05, 0) is 6.42 Å². The van der Waals surface area contributed by atoms with E-state index in [4.69, 9.17) is 9.05 Å². The lowest BCUT2D eigenvalue weighted by Gasteiger charge is -2.25. The molecule has 0 N–H and O–H groups in total. The molecule has 0 bridgehead atoms. The van der Waals surface area contributed by atoms with Crippen molar-refractivity contribution < 1.29 is 22.9 Å². The minimum atomic E-state index is -3.36. The summed E-state index contributed by atoms with van der Waals surface area (Å²) in [5, 5.41) is 0. The molecule has 5 nitrogen and oxygen atoms in total. The van der Waals surface area contributed by atoms with E-state index in [1.54, 1.807) is 0 Å². The Morgan fingerprint density at radius 3 is 2.33 bits per heavy atom. The third-order valence-electron chi connectivity index (χ3n) is 2.98. The first kappa shape index (κ1) is 20.4. The lowest BCUT2D eigenvalue weighted by molar-refractivity contribution is -0.870. The number of likely N-dealkylation sites (N-methyl/N-ethyl adjacent to an activating group) is 1. The Morgan fingerprint density at radius 2 is 1.81 bits per heavy atom. The van der Waals surface area contributed by atoms with E-state index < -0.39 is 13.6 Å². The van der Waals surface area contributed by atoms with Gasteiger partial charge in [-0.1, -0.05) is 39.2 Å². The summed E-state index contributed by atoms with van der Waals surface area (Å²) in [5.74, 6) is -0.683. The minimum Gasteiger partial charge on any atom is -0.388 e. The van der Waals surface area contributed by atoms with Crippen molar-refractivity contribution in [1.29, 1.82) is 0 Å². The molecule has 1 unspecified atom stereocenters. The van der Waals surface area contributed by atoms with Crippen molar-refractivity contribution in [2.24, 2.45) is 0 Å². The van der Waals surface area contributed by atoms with E-state index in [1.165, 1.54) is 6.42 Å². The molecule has 0 saturated carbocycles. The third kappa shape index (κ3) is 11.7. The van der Waals surface area contributed by atoms with Crippen LogP contribution in [-0.4, -0.2) is 50.9 Å². The van der Waals surface area contributed by atoms with Crippen LogP contribution in [0.5, 0.6) is 0 Å². The van der Waals surface area contributed by atoms with E-state index in [0.717, 1.165) is 31.8 Å². The maximum absolute atomic E-state index is 12.6. The zero-order valence-corrected chi connectivity index (χ0v) is 14.9. The van der Waals surface area contributed by atoms with Crippen molar-refractivity contribution >= 4 is 13.6 Å². The molecule has 0 saturated heterocycles. The van der Waals surface area contributed by atoms with Crippen molar-refractivity contribution in [1.82, 2.24) is 0 Å². The number of rotatable bonds is 12. The first-order chi connectivity index (χ1) is 9.72. The standard InChI is InChI=1S/C15H31NO4P/c1-6-8-9-10-11-14-21(18,20-15(17)7-2)19-13-12-16(3,4)5/h7H,2,6,8-14H2,1,3-5H3/q+1. The third-order valence-corrected chi connectivity index (χ3v) is 4.88. The fraction of sp³-hybridized carbons (Fsp3) is 0.800. The highest BCUT2D eigenvalue weighted by atomic mass is 31.2. The second-order valence-corrected chi connectivity index (χ2v) is 8.32. The number of hydrogen-bond donors (Lipinski definition) is 0. The van der Waals surface area contributed by atoms with Gasteiger partial charge >= 0.3 is 13.6 Å². The highest BCUT2D eigenvalue weighted by Gasteiger charge is 2.28. The molecule has 0 aromatic rings. The normalized spacial score (nSPS) is 14.5. The van der Waals surface area contributed by atoms with Crippen LogP contribution >= 0.6 is 7.60 Å². The van der Waals surface area contributed by atoms with Crippen molar-refractivity contribution in [3.63, 3.8) is 0 Å². The summed E-state index contributed by atoms with van der Waals surface area (Å²) in [5.41, 5.74) is 0. The highest BCUT2D eigenvalue weighted by Crippen LogP contribution is 2.49. The largest absolute Gasteiger partial charge is 0.388 e. The van der Waals surface area contributed by atoms with Gasteiger partial charge in [-0.15, -0.1) is 0 Å². The summed E-state index contributed by atoms with van der Waals surface area (Å²) < 4.78 is 23.7. The molecule has 0 amide bonds. The number of hydrogen-bond acceptors (Lipinski definition) is 4. The molecule has 0 aromatic carbocycles. The fourth-order valence-electron chi connectivity index (χ4n) is 1.67. The topological polar surface area (TPSA) is 52.6 Å². The van der Waals surface area contributed by atoms with E-state index >= 15 is 0 Å². The second kappa shape index (κ2) is 10.1. The van der Waals surface area contributed by atoms with Crippen LogP contribution in [-0.2, 0) is 18.4 Å². The van der Waals surface area contributed by atoms with Crippen molar-refractivity contribution in [2.75, 3.05) is 40.5 Å². The lowest BCUT2D eigenvalue weighted by atomic mass is 10.2. The maximum Gasteiger partial charge on any atom is 0.381 e. The van der Waals surface area contributed by atoms with E-state index in [1.807, 2.05) is 21.1 Å². The Hall–Kier alpha value is -0.640. The summed E-state index contributed by atoms with van der Waals surface area (Å²) >= 11 is 0. The molecule has 1 atom stereocenters. The first-order valence-corrected chi connectivity index (χ1v) is 9.35. The molecule has 0 fully saturated rings. The number of unbranched alkanes of at least 4 members (excludes halogenated alkanes) is 4. The van der Waals surface area contributed by atoms with Gasteiger partial charge in [0.2, 0.25) is 0 Å². The predicted molar refractivity (Wildman–Crippen MR) is 86.4 cm³/mol. The molecular weight excluding hydrogens is 289 g/mol. The molecule has 124 valence electrons. The van der Waals surface area contributed by atoms with Gasteiger partial charge in [-0.2, -0.15) is 0 Å². The fourth-order valence-corrected chi connectivity index (χ4v) is 3.27. The van der Waals surface area contributed by atoms with Crippen molar-refractivity contribution in [2.45, 2.75) is 39.0 Å². The number of quaternary nitrogens is 1.